The Morgan fingerprint density at radius 2 is 1.73 bits per heavy atom. The van der Waals surface area contributed by atoms with Gasteiger partial charge in [-0.1, -0.05) is 12.1 Å². The van der Waals surface area contributed by atoms with E-state index in [1.54, 1.807) is 30.5 Å². The van der Waals surface area contributed by atoms with Gasteiger partial charge < -0.3 is 5.11 Å². The number of pyridine rings is 1. The summed E-state index contributed by atoms with van der Waals surface area (Å²) in [5.41, 5.74) is 2.58. The molecule has 2 aromatic carbocycles. The summed E-state index contributed by atoms with van der Waals surface area (Å²) in [4.78, 5) is 28.7. The summed E-state index contributed by atoms with van der Waals surface area (Å²) < 4.78 is 1.88. The van der Waals surface area contributed by atoms with Gasteiger partial charge in [-0.15, -0.1) is 0 Å². The Kier molecular flexibility index (Phi) is 4.02. The van der Waals surface area contributed by atoms with Gasteiger partial charge in [0.1, 0.15) is 6.61 Å². The fourth-order valence-corrected chi connectivity index (χ4v) is 3.08. The third-order valence-corrected chi connectivity index (χ3v) is 4.36. The van der Waals surface area contributed by atoms with Gasteiger partial charge in [0.05, 0.1) is 5.69 Å². The van der Waals surface area contributed by atoms with Gasteiger partial charge in [-0.3, -0.25) is 19.9 Å². The molecular weight excluding hydrogens is 330 g/mol. The minimum Gasteiger partial charge on any atom is -0.390 e. The fourth-order valence-electron chi connectivity index (χ4n) is 3.08. The Hall–Kier alpha value is -3.38. The van der Waals surface area contributed by atoms with Crippen LogP contribution in [0, 0.1) is 0 Å². The zero-order valence-corrected chi connectivity index (χ0v) is 13.8. The molecule has 0 aliphatic carbocycles. The molecule has 0 bridgehead atoms. The molecule has 0 unspecified atom stereocenters. The number of nitrogens with one attached hydrogen (secondary N) is 1. The molecule has 6 heteroatoms. The van der Waals surface area contributed by atoms with E-state index in [9.17, 15) is 9.59 Å². The monoisotopic (exact) mass is 346 g/mol. The fraction of sp³-hybridized carbons (Fsp3) is 0.100. The summed E-state index contributed by atoms with van der Waals surface area (Å²) in [5.74, 6) is -0.767. The molecule has 1 aliphatic rings. The minimum atomic E-state index is -0.384. The molecule has 1 aromatic heterocycles. The molecule has 4 rings (SSSR count). The Labute approximate surface area is 149 Å². The quantitative estimate of drug-likeness (QED) is 0.429. The summed E-state index contributed by atoms with van der Waals surface area (Å²) in [5, 5.41) is 12.7. The van der Waals surface area contributed by atoms with Crippen LogP contribution in [-0.2, 0) is 6.54 Å². The van der Waals surface area contributed by atoms with Gasteiger partial charge >= 0.3 is 0 Å². The predicted molar refractivity (Wildman–Crippen MR) is 96.7 cm³/mol. The lowest BCUT2D eigenvalue weighted by Crippen LogP contribution is -2.34. The van der Waals surface area contributed by atoms with E-state index in [1.165, 1.54) is 0 Å². The van der Waals surface area contributed by atoms with Gasteiger partial charge in [0.15, 0.2) is 18.9 Å². The minimum absolute atomic E-state index is 0.0884. The number of nitrogens with zero attached hydrogens (tertiary/aromatic N) is 2. The van der Waals surface area contributed by atoms with Crippen LogP contribution in [0.4, 0.5) is 5.69 Å². The number of hydrogen-bond donors (Lipinski definition) is 2. The summed E-state index contributed by atoms with van der Waals surface area (Å²) >= 11 is 0. The first-order chi connectivity index (χ1) is 12.7. The molecular formula is C20H16N3O3+. The van der Waals surface area contributed by atoms with Gasteiger partial charge in [0.2, 0.25) is 0 Å². The van der Waals surface area contributed by atoms with Crippen LogP contribution in [-0.4, -0.2) is 29.7 Å². The lowest BCUT2D eigenvalue weighted by molar-refractivity contribution is -0.698. The average Bonchev–Trinajstić information content (AvgIpc) is 2.66. The Morgan fingerprint density at radius 3 is 2.46 bits per heavy atom. The van der Waals surface area contributed by atoms with E-state index in [0.29, 0.717) is 28.7 Å². The highest BCUT2D eigenvalue weighted by molar-refractivity contribution is 6.26. The van der Waals surface area contributed by atoms with Crippen molar-refractivity contribution in [2.75, 3.05) is 6.61 Å². The average molecular weight is 346 g/mol. The Morgan fingerprint density at radius 1 is 1.00 bits per heavy atom. The van der Waals surface area contributed by atoms with Crippen LogP contribution in [0.25, 0.3) is 10.8 Å². The molecule has 3 aromatic rings. The largest absolute Gasteiger partial charge is 0.390 e. The van der Waals surface area contributed by atoms with Crippen molar-refractivity contribution in [2.24, 2.45) is 4.99 Å². The van der Waals surface area contributed by atoms with Crippen molar-refractivity contribution in [2.45, 2.75) is 6.54 Å². The first-order valence-electron chi connectivity index (χ1n) is 8.23. The maximum Gasteiger partial charge on any atom is 0.258 e. The van der Waals surface area contributed by atoms with Gasteiger partial charge in [0.25, 0.3) is 11.8 Å². The number of amides is 2. The zero-order chi connectivity index (χ0) is 18.1. The van der Waals surface area contributed by atoms with E-state index in [0.717, 1.165) is 10.9 Å². The van der Waals surface area contributed by atoms with Crippen molar-refractivity contribution in [1.29, 1.82) is 0 Å². The van der Waals surface area contributed by atoms with E-state index in [2.05, 4.69) is 10.3 Å². The van der Waals surface area contributed by atoms with E-state index >= 15 is 0 Å². The maximum absolute atomic E-state index is 12.1. The van der Waals surface area contributed by atoms with Crippen molar-refractivity contribution >= 4 is 34.5 Å². The Bertz CT molecular complexity index is 1040. The first-order valence-corrected chi connectivity index (χ1v) is 8.23. The molecule has 2 amide bonds. The molecule has 0 saturated carbocycles. The van der Waals surface area contributed by atoms with Gasteiger partial charge in [-0.05, 0) is 18.2 Å². The lowest BCUT2D eigenvalue weighted by Gasteiger charge is -2.17. The van der Waals surface area contributed by atoms with Crippen LogP contribution >= 0.6 is 0 Å². The second kappa shape index (κ2) is 6.50. The Balaban J connectivity index is 1.75. The number of aliphatic hydroxyl groups is 1. The van der Waals surface area contributed by atoms with Gasteiger partial charge in [0, 0.05) is 45.8 Å². The normalized spacial score (nSPS) is 13.4. The lowest BCUT2D eigenvalue weighted by atomic mass is 9.94. The summed E-state index contributed by atoms with van der Waals surface area (Å²) in [7, 11) is 0. The van der Waals surface area contributed by atoms with Crippen LogP contribution < -0.4 is 9.88 Å². The van der Waals surface area contributed by atoms with Crippen LogP contribution in [0.3, 0.4) is 0 Å². The molecule has 26 heavy (non-hydrogen) atoms. The molecule has 0 fully saturated rings. The topological polar surface area (TPSA) is 82.6 Å². The van der Waals surface area contributed by atoms with Crippen LogP contribution in [0.1, 0.15) is 26.3 Å². The number of aromatic nitrogens is 1. The van der Waals surface area contributed by atoms with Crippen LogP contribution in [0.15, 0.2) is 59.9 Å². The molecule has 2 N–H and O–H groups in total. The molecule has 0 spiro atoms. The highest BCUT2D eigenvalue weighted by atomic mass is 16.3. The van der Waals surface area contributed by atoms with Crippen molar-refractivity contribution in [3.05, 3.63) is 71.5 Å². The molecule has 1 aliphatic heterocycles. The van der Waals surface area contributed by atoms with Crippen molar-refractivity contribution < 1.29 is 19.3 Å². The number of rotatable bonds is 4. The number of benzene rings is 2. The summed E-state index contributed by atoms with van der Waals surface area (Å²) in [6.45, 7) is 0.632. The number of imide groups is 1. The van der Waals surface area contributed by atoms with Gasteiger partial charge in [-0.25, -0.2) is 4.57 Å². The third kappa shape index (κ3) is 2.76. The smallest absolute Gasteiger partial charge is 0.258 e. The molecule has 0 atom stereocenters. The van der Waals surface area contributed by atoms with E-state index < -0.39 is 0 Å². The van der Waals surface area contributed by atoms with Gasteiger partial charge in [-0.2, -0.15) is 0 Å². The number of aliphatic imine (C=N–C) groups is 1. The van der Waals surface area contributed by atoms with E-state index in [1.807, 2.05) is 35.2 Å². The maximum atomic E-state index is 12.1. The second-order valence-electron chi connectivity index (χ2n) is 5.99. The summed E-state index contributed by atoms with van der Waals surface area (Å²) in [6, 6.07) is 12.6. The predicted octanol–water partition coefficient (Wildman–Crippen LogP) is 1.75. The second-order valence-corrected chi connectivity index (χ2v) is 5.99. The molecule has 0 radical (unpaired) electrons. The zero-order valence-electron chi connectivity index (χ0n) is 13.8. The highest BCUT2D eigenvalue weighted by Gasteiger charge is 2.25. The van der Waals surface area contributed by atoms with E-state index in [4.69, 9.17) is 5.11 Å². The number of hydrogen-bond acceptors (Lipinski definition) is 4. The number of carbonyl (C=O) groups excluding carboxylic acids is 2. The van der Waals surface area contributed by atoms with Crippen molar-refractivity contribution in [1.82, 2.24) is 5.32 Å². The highest BCUT2D eigenvalue weighted by Crippen LogP contribution is 2.33. The third-order valence-electron chi connectivity index (χ3n) is 4.36. The van der Waals surface area contributed by atoms with Crippen LogP contribution in [0.2, 0.25) is 0 Å². The first kappa shape index (κ1) is 16.1. The molecule has 6 nitrogen and oxygen atoms in total. The number of aliphatic hydroxyl groups excluding tert-OH is 1. The SMILES string of the molecule is O=C1NC(=O)c2ccc(/N=C/c3cc[n+](CCO)cc3)c3cccc1c23. The van der Waals surface area contributed by atoms with Crippen molar-refractivity contribution in [3.63, 3.8) is 0 Å². The van der Waals surface area contributed by atoms with Crippen molar-refractivity contribution in [3.8, 4) is 0 Å². The standard InChI is InChI=1S/C20H15N3O3/c24-11-10-23-8-6-13(7-9-23)12-21-17-5-4-16-18-14(17)2-1-3-15(18)19(25)22-20(16)26/h1-9,12,24H,10-11H2/p+1/b21-12+. The van der Waals surface area contributed by atoms with E-state index in [-0.39, 0.29) is 18.4 Å². The molecule has 128 valence electrons. The van der Waals surface area contributed by atoms with Crippen LogP contribution in [0.5, 0.6) is 0 Å². The number of carbonyl (C=O) groups is 2. The molecule has 0 saturated heterocycles. The molecule has 2 heterocycles. The summed E-state index contributed by atoms with van der Waals surface area (Å²) in [6.07, 6.45) is 5.48.